The van der Waals surface area contributed by atoms with Gasteiger partial charge in [0.1, 0.15) is 5.69 Å². The molecule has 5 nitrogen and oxygen atoms in total. The maximum absolute atomic E-state index is 4.68. The minimum absolute atomic E-state index is 0.863. The molecule has 4 rings (SSSR count). The fraction of sp³-hybridized carbons (Fsp3) is 0.226. The summed E-state index contributed by atoms with van der Waals surface area (Å²) < 4.78 is 0. The van der Waals surface area contributed by atoms with Gasteiger partial charge in [-0.15, -0.1) is 0 Å². The van der Waals surface area contributed by atoms with Crippen molar-refractivity contribution < 1.29 is 0 Å². The van der Waals surface area contributed by atoms with Gasteiger partial charge in [-0.2, -0.15) is 16.4 Å². The van der Waals surface area contributed by atoms with E-state index in [0.717, 1.165) is 69.3 Å². The highest BCUT2D eigenvalue weighted by atomic mass is 32.1. The van der Waals surface area contributed by atoms with Gasteiger partial charge in [0.2, 0.25) is 0 Å². The second-order valence-electron chi connectivity index (χ2n) is 9.40. The SMILES string of the molecule is C=C/C=C(/c1ccsc1)c1cc(-c2n[nH]c(=C/C)/c2=C\C(=C)c2cncc(CCCN(C)C)c2)[nH]c1C. The summed E-state index contributed by atoms with van der Waals surface area (Å²) >= 11 is 1.69. The number of pyridine rings is 1. The Kier molecular flexibility index (Phi) is 8.54. The van der Waals surface area contributed by atoms with Gasteiger partial charge in [0, 0.05) is 28.9 Å². The first-order valence-corrected chi connectivity index (χ1v) is 13.4. The number of thiophene rings is 1. The molecule has 0 fully saturated rings. The first kappa shape index (κ1) is 26.3. The average Bonchev–Trinajstić information content (AvgIpc) is 3.63. The molecule has 190 valence electrons. The van der Waals surface area contributed by atoms with Crippen LogP contribution in [0.4, 0.5) is 0 Å². The Morgan fingerprint density at radius 2 is 2.03 bits per heavy atom. The lowest BCUT2D eigenvalue weighted by molar-refractivity contribution is 0.400. The Morgan fingerprint density at radius 3 is 2.73 bits per heavy atom. The highest BCUT2D eigenvalue weighted by Crippen LogP contribution is 2.30. The van der Waals surface area contributed by atoms with Crippen LogP contribution in [0.25, 0.3) is 34.7 Å². The van der Waals surface area contributed by atoms with Crippen LogP contribution in [-0.2, 0) is 6.42 Å². The molecule has 0 spiro atoms. The van der Waals surface area contributed by atoms with Crippen molar-refractivity contribution in [3.8, 4) is 11.4 Å². The van der Waals surface area contributed by atoms with Crippen molar-refractivity contribution in [2.24, 2.45) is 0 Å². The van der Waals surface area contributed by atoms with Crippen LogP contribution in [0.5, 0.6) is 0 Å². The number of aryl methyl sites for hydroxylation is 2. The Labute approximate surface area is 223 Å². The molecule has 0 amide bonds. The zero-order valence-electron chi connectivity index (χ0n) is 22.1. The summed E-state index contributed by atoms with van der Waals surface area (Å²) in [5.41, 5.74) is 9.51. The van der Waals surface area contributed by atoms with Gasteiger partial charge in [-0.1, -0.05) is 31.4 Å². The van der Waals surface area contributed by atoms with E-state index in [9.17, 15) is 0 Å². The average molecular weight is 510 g/mol. The van der Waals surface area contributed by atoms with Crippen LogP contribution in [0, 0.1) is 6.92 Å². The number of H-pyrrole nitrogens is 2. The summed E-state index contributed by atoms with van der Waals surface area (Å²) in [5.74, 6) is 0. The van der Waals surface area contributed by atoms with Gasteiger partial charge in [0.15, 0.2) is 0 Å². The summed E-state index contributed by atoms with van der Waals surface area (Å²) in [5, 5.41) is 14.1. The Hall–Kier alpha value is -3.74. The Morgan fingerprint density at radius 1 is 1.19 bits per heavy atom. The minimum atomic E-state index is 0.863. The van der Waals surface area contributed by atoms with Crippen molar-refractivity contribution in [1.82, 2.24) is 25.1 Å². The van der Waals surface area contributed by atoms with E-state index in [0.29, 0.717) is 0 Å². The van der Waals surface area contributed by atoms with Gasteiger partial charge >= 0.3 is 0 Å². The van der Waals surface area contributed by atoms with E-state index in [1.807, 2.05) is 31.5 Å². The predicted octanol–water partition coefficient (Wildman–Crippen LogP) is 5.58. The van der Waals surface area contributed by atoms with E-state index >= 15 is 0 Å². The summed E-state index contributed by atoms with van der Waals surface area (Å²) in [7, 11) is 4.20. The van der Waals surface area contributed by atoms with Crippen molar-refractivity contribution in [2.45, 2.75) is 26.7 Å². The maximum Gasteiger partial charge on any atom is 0.116 e. The van der Waals surface area contributed by atoms with E-state index in [1.54, 1.807) is 11.3 Å². The van der Waals surface area contributed by atoms with Gasteiger partial charge in [0.05, 0.1) is 11.0 Å². The topological polar surface area (TPSA) is 60.6 Å². The van der Waals surface area contributed by atoms with Crippen LogP contribution in [0.2, 0.25) is 0 Å². The Balaban J connectivity index is 1.71. The zero-order valence-corrected chi connectivity index (χ0v) is 23.0. The number of hydrogen-bond donors (Lipinski definition) is 2. The predicted molar refractivity (Wildman–Crippen MR) is 159 cm³/mol. The Bertz CT molecular complexity index is 1530. The molecule has 2 N–H and O–H groups in total. The van der Waals surface area contributed by atoms with Gasteiger partial charge in [-0.3, -0.25) is 10.1 Å². The van der Waals surface area contributed by atoms with Crippen molar-refractivity contribution in [1.29, 1.82) is 0 Å². The fourth-order valence-electron chi connectivity index (χ4n) is 4.43. The molecule has 4 aromatic heterocycles. The summed E-state index contributed by atoms with van der Waals surface area (Å²) in [6.45, 7) is 13.5. The fourth-order valence-corrected chi connectivity index (χ4v) is 5.09. The highest BCUT2D eigenvalue weighted by molar-refractivity contribution is 7.08. The quantitative estimate of drug-likeness (QED) is 0.275. The number of rotatable bonds is 10. The van der Waals surface area contributed by atoms with Gasteiger partial charge in [-0.25, -0.2) is 0 Å². The van der Waals surface area contributed by atoms with Crippen molar-refractivity contribution in [3.63, 3.8) is 0 Å². The zero-order chi connectivity index (χ0) is 26.4. The molecular formula is C31H35N5S. The van der Waals surface area contributed by atoms with E-state index in [2.05, 4.69) is 100 Å². The number of allylic oxidation sites excluding steroid dienone is 3. The standard InChI is InChI=1S/C31H35N5S/c1-7-10-26(24-12-14-37-20-24)27-17-30(33-22(27)4)31-28(29(8-2)34-35-31)15-21(3)25-16-23(18-32-19-25)11-9-13-36(5)6/h7-8,10,12,14-20,33-34H,1,3,9,11,13H2,2,4-6H3/b26-10-,28-15+,29-8+. The third-order valence-electron chi connectivity index (χ3n) is 6.35. The molecule has 4 heterocycles. The van der Waals surface area contributed by atoms with Crippen LogP contribution in [-0.4, -0.2) is 45.7 Å². The van der Waals surface area contributed by atoms with E-state index in [-0.39, 0.29) is 0 Å². The molecule has 0 aliphatic heterocycles. The molecule has 0 aliphatic rings. The molecule has 0 atom stereocenters. The maximum atomic E-state index is 4.68. The van der Waals surface area contributed by atoms with Crippen molar-refractivity contribution in [2.75, 3.05) is 20.6 Å². The largest absolute Gasteiger partial charge is 0.357 e. The highest BCUT2D eigenvalue weighted by Gasteiger charge is 2.15. The number of aromatic amines is 2. The first-order valence-electron chi connectivity index (χ1n) is 12.5. The summed E-state index contributed by atoms with van der Waals surface area (Å²) in [6.07, 6.45) is 14.0. The molecule has 0 bridgehead atoms. The van der Waals surface area contributed by atoms with E-state index in [1.165, 1.54) is 11.1 Å². The van der Waals surface area contributed by atoms with Gasteiger partial charge in [-0.05, 0) is 110 Å². The first-order chi connectivity index (χ1) is 17.9. The van der Waals surface area contributed by atoms with E-state index in [4.69, 9.17) is 0 Å². The lowest BCUT2D eigenvalue weighted by atomic mass is 10.00. The molecular weight excluding hydrogens is 474 g/mol. The summed E-state index contributed by atoms with van der Waals surface area (Å²) in [6, 6.07) is 6.50. The molecule has 0 unspecified atom stereocenters. The number of nitrogens with zero attached hydrogens (tertiary/aromatic N) is 3. The smallest absolute Gasteiger partial charge is 0.116 e. The van der Waals surface area contributed by atoms with Crippen LogP contribution in [0.1, 0.15) is 41.3 Å². The molecule has 0 saturated carbocycles. The molecule has 0 aromatic carbocycles. The summed E-state index contributed by atoms with van der Waals surface area (Å²) in [4.78, 5) is 10.3. The second-order valence-corrected chi connectivity index (χ2v) is 10.2. The second kappa shape index (κ2) is 12.0. The normalized spacial score (nSPS) is 13.1. The number of hydrogen-bond acceptors (Lipinski definition) is 4. The number of aromatic nitrogens is 4. The van der Waals surface area contributed by atoms with Gasteiger partial charge in [0.25, 0.3) is 0 Å². The van der Waals surface area contributed by atoms with Crippen LogP contribution in [0.3, 0.4) is 0 Å². The lowest BCUT2D eigenvalue weighted by Crippen LogP contribution is -2.23. The minimum Gasteiger partial charge on any atom is -0.357 e. The van der Waals surface area contributed by atoms with Crippen LogP contribution in [0.15, 0.2) is 66.7 Å². The third-order valence-corrected chi connectivity index (χ3v) is 7.04. The lowest BCUT2D eigenvalue weighted by Gasteiger charge is -2.09. The molecule has 0 aliphatic carbocycles. The van der Waals surface area contributed by atoms with Gasteiger partial charge < -0.3 is 9.88 Å². The molecule has 0 radical (unpaired) electrons. The number of nitrogens with one attached hydrogen (secondary N) is 2. The molecule has 0 saturated heterocycles. The third kappa shape index (κ3) is 6.16. The van der Waals surface area contributed by atoms with Crippen LogP contribution >= 0.6 is 11.3 Å². The molecule has 4 aromatic rings. The van der Waals surface area contributed by atoms with Crippen LogP contribution < -0.4 is 10.6 Å². The molecule has 6 heteroatoms. The van der Waals surface area contributed by atoms with Crippen molar-refractivity contribution >= 4 is 34.6 Å². The monoisotopic (exact) mass is 509 g/mol. The van der Waals surface area contributed by atoms with E-state index < -0.39 is 0 Å². The van der Waals surface area contributed by atoms with Crippen molar-refractivity contribution in [3.05, 3.63) is 105 Å². The molecule has 37 heavy (non-hydrogen) atoms.